The molecule has 1 amide bonds. The first-order chi connectivity index (χ1) is 8.54. The van der Waals surface area contributed by atoms with E-state index in [2.05, 4.69) is 17.3 Å². The highest BCUT2D eigenvalue weighted by Crippen LogP contribution is 2.24. The molecule has 0 spiro atoms. The van der Waals surface area contributed by atoms with Gasteiger partial charge in [0.15, 0.2) is 0 Å². The topological polar surface area (TPSA) is 90.1 Å². The van der Waals surface area contributed by atoms with Gasteiger partial charge in [-0.25, -0.2) is 0 Å². The number of rotatable bonds is 4. The van der Waals surface area contributed by atoms with Crippen molar-refractivity contribution >= 4 is 11.6 Å². The second-order valence-corrected chi connectivity index (χ2v) is 4.84. The second kappa shape index (κ2) is 5.16. The average Bonchev–Trinajstić information content (AvgIpc) is 2.88. The molecule has 2 unspecified atom stereocenters. The van der Waals surface area contributed by atoms with Gasteiger partial charge >= 0.3 is 5.69 Å². The standard InChI is InChI=1S/C11H16N4O3/c1-8-2-3-9(4-8)13-11(16)7-14-6-10(5-12-14)15(17)18/h5-6,8-9H,2-4,7H2,1H3,(H,13,16). The third-order valence-corrected chi connectivity index (χ3v) is 3.20. The lowest BCUT2D eigenvalue weighted by molar-refractivity contribution is -0.385. The van der Waals surface area contributed by atoms with E-state index in [4.69, 9.17) is 0 Å². The van der Waals surface area contributed by atoms with Crippen molar-refractivity contribution in [1.82, 2.24) is 15.1 Å². The molecule has 7 heteroatoms. The van der Waals surface area contributed by atoms with Crippen molar-refractivity contribution in [2.24, 2.45) is 5.92 Å². The molecule has 0 bridgehead atoms. The highest BCUT2D eigenvalue weighted by Gasteiger charge is 2.22. The molecule has 2 atom stereocenters. The van der Waals surface area contributed by atoms with Crippen molar-refractivity contribution in [2.75, 3.05) is 0 Å². The van der Waals surface area contributed by atoms with Crippen LogP contribution >= 0.6 is 0 Å². The van der Waals surface area contributed by atoms with Gasteiger partial charge in [-0.3, -0.25) is 19.6 Å². The zero-order valence-corrected chi connectivity index (χ0v) is 10.2. The number of nitrogens with zero attached hydrogens (tertiary/aromatic N) is 3. The smallest absolute Gasteiger partial charge is 0.307 e. The van der Waals surface area contributed by atoms with E-state index >= 15 is 0 Å². The molecule has 98 valence electrons. The highest BCUT2D eigenvalue weighted by molar-refractivity contribution is 5.76. The van der Waals surface area contributed by atoms with Crippen molar-refractivity contribution in [3.63, 3.8) is 0 Å². The maximum absolute atomic E-state index is 11.7. The van der Waals surface area contributed by atoms with Gasteiger partial charge in [0.05, 0.1) is 4.92 Å². The minimum Gasteiger partial charge on any atom is -0.352 e. The van der Waals surface area contributed by atoms with E-state index in [0.29, 0.717) is 5.92 Å². The fraction of sp³-hybridized carbons (Fsp3) is 0.636. The molecule has 1 aliphatic rings. The summed E-state index contributed by atoms with van der Waals surface area (Å²) in [6, 6.07) is 0.234. The molecule has 0 saturated heterocycles. The first-order valence-electron chi connectivity index (χ1n) is 6.01. The zero-order valence-electron chi connectivity index (χ0n) is 10.2. The normalized spacial score (nSPS) is 22.9. The Balaban J connectivity index is 1.85. The van der Waals surface area contributed by atoms with Gasteiger partial charge < -0.3 is 5.32 Å². The van der Waals surface area contributed by atoms with Crippen LogP contribution in [0.5, 0.6) is 0 Å². The largest absolute Gasteiger partial charge is 0.352 e. The van der Waals surface area contributed by atoms with Gasteiger partial charge in [-0.05, 0) is 25.2 Å². The predicted molar refractivity (Wildman–Crippen MR) is 63.8 cm³/mol. The Kier molecular flexibility index (Phi) is 3.59. The number of amides is 1. The van der Waals surface area contributed by atoms with Crippen LogP contribution in [0, 0.1) is 16.0 Å². The quantitative estimate of drug-likeness (QED) is 0.641. The minimum atomic E-state index is -0.528. The molecule has 1 N–H and O–H groups in total. The van der Waals surface area contributed by atoms with Gasteiger partial charge in [-0.1, -0.05) is 6.92 Å². The lowest BCUT2D eigenvalue weighted by Crippen LogP contribution is -2.35. The summed E-state index contributed by atoms with van der Waals surface area (Å²) in [5.41, 5.74) is -0.0997. The zero-order chi connectivity index (χ0) is 13.1. The molecule has 7 nitrogen and oxygen atoms in total. The van der Waals surface area contributed by atoms with Crippen LogP contribution in [0.3, 0.4) is 0 Å². The molecule has 1 fully saturated rings. The van der Waals surface area contributed by atoms with Crippen molar-refractivity contribution in [3.8, 4) is 0 Å². The molecule has 18 heavy (non-hydrogen) atoms. The van der Waals surface area contributed by atoms with E-state index in [1.807, 2.05) is 0 Å². The summed E-state index contributed by atoms with van der Waals surface area (Å²) in [6.07, 6.45) is 5.55. The fourth-order valence-electron chi connectivity index (χ4n) is 2.29. The summed E-state index contributed by atoms with van der Waals surface area (Å²) in [7, 11) is 0. The Labute approximate surface area is 104 Å². The lowest BCUT2D eigenvalue weighted by atomic mass is 10.1. The Bertz CT molecular complexity index is 457. The van der Waals surface area contributed by atoms with Crippen LogP contribution in [-0.4, -0.2) is 26.7 Å². The minimum absolute atomic E-state index is 0.0265. The van der Waals surface area contributed by atoms with Crippen LogP contribution in [0.4, 0.5) is 5.69 Å². The molecule has 1 aromatic heterocycles. The first kappa shape index (κ1) is 12.5. The van der Waals surface area contributed by atoms with Crippen molar-refractivity contribution in [1.29, 1.82) is 0 Å². The summed E-state index contributed by atoms with van der Waals surface area (Å²) in [5, 5.41) is 17.2. The number of nitrogens with one attached hydrogen (secondary N) is 1. The van der Waals surface area contributed by atoms with E-state index in [-0.39, 0.29) is 24.2 Å². The SMILES string of the molecule is CC1CCC(NC(=O)Cn2cc([N+](=O)[O-])cn2)C1. The number of hydrogen-bond donors (Lipinski definition) is 1. The third-order valence-electron chi connectivity index (χ3n) is 3.20. The number of hydrogen-bond acceptors (Lipinski definition) is 4. The Morgan fingerprint density at radius 2 is 2.44 bits per heavy atom. The molecule has 1 saturated carbocycles. The molecule has 0 radical (unpaired) electrons. The summed E-state index contributed by atoms with van der Waals surface area (Å²) >= 11 is 0. The Morgan fingerprint density at radius 1 is 1.67 bits per heavy atom. The van der Waals surface area contributed by atoms with E-state index < -0.39 is 4.92 Å². The number of carbonyl (C=O) groups excluding carboxylic acids is 1. The Hall–Kier alpha value is -1.92. The maximum Gasteiger partial charge on any atom is 0.307 e. The predicted octanol–water partition coefficient (Wildman–Crippen LogP) is 1.10. The molecule has 0 aromatic carbocycles. The molecule has 1 heterocycles. The average molecular weight is 252 g/mol. The fourth-order valence-corrected chi connectivity index (χ4v) is 2.29. The number of aromatic nitrogens is 2. The Morgan fingerprint density at radius 3 is 3.00 bits per heavy atom. The van der Waals surface area contributed by atoms with Gasteiger partial charge in [0.25, 0.3) is 0 Å². The van der Waals surface area contributed by atoms with Crippen molar-refractivity contribution in [2.45, 2.75) is 38.8 Å². The van der Waals surface area contributed by atoms with E-state index in [1.54, 1.807) is 0 Å². The number of carbonyl (C=O) groups is 1. The van der Waals surface area contributed by atoms with Crippen LogP contribution in [0.1, 0.15) is 26.2 Å². The summed E-state index contributed by atoms with van der Waals surface area (Å²) in [6.45, 7) is 2.20. The molecule has 2 rings (SSSR count). The van der Waals surface area contributed by atoms with Crippen LogP contribution in [-0.2, 0) is 11.3 Å². The van der Waals surface area contributed by atoms with Crippen molar-refractivity contribution < 1.29 is 9.72 Å². The summed E-state index contributed by atoms with van der Waals surface area (Å²) < 4.78 is 1.28. The lowest BCUT2D eigenvalue weighted by Gasteiger charge is -2.12. The third kappa shape index (κ3) is 3.06. The van der Waals surface area contributed by atoms with Gasteiger partial charge in [0.1, 0.15) is 18.9 Å². The molecule has 1 aliphatic carbocycles. The van der Waals surface area contributed by atoms with Crippen LogP contribution in [0.15, 0.2) is 12.4 Å². The van der Waals surface area contributed by atoms with Gasteiger partial charge in [0, 0.05) is 6.04 Å². The maximum atomic E-state index is 11.7. The monoisotopic (exact) mass is 252 g/mol. The molecular formula is C11H16N4O3. The second-order valence-electron chi connectivity index (χ2n) is 4.84. The van der Waals surface area contributed by atoms with Gasteiger partial charge in [-0.2, -0.15) is 5.10 Å². The summed E-state index contributed by atoms with van der Waals surface area (Å²) in [5.74, 6) is 0.508. The molecule has 0 aliphatic heterocycles. The van der Waals surface area contributed by atoms with Gasteiger partial charge in [-0.15, -0.1) is 0 Å². The molecule has 1 aromatic rings. The van der Waals surface area contributed by atoms with Crippen LogP contribution in [0.2, 0.25) is 0 Å². The van der Waals surface area contributed by atoms with Crippen molar-refractivity contribution in [3.05, 3.63) is 22.5 Å². The van der Waals surface area contributed by atoms with Crippen LogP contribution in [0.25, 0.3) is 0 Å². The summed E-state index contributed by atoms with van der Waals surface area (Å²) in [4.78, 5) is 21.7. The van der Waals surface area contributed by atoms with E-state index in [0.717, 1.165) is 25.5 Å². The van der Waals surface area contributed by atoms with Gasteiger partial charge in [0.2, 0.25) is 5.91 Å². The first-order valence-corrected chi connectivity index (χ1v) is 6.01. The number of nitro groups is 1. The highest BCUT2D eigenvalue weighted by atomic mass is 16.6. The van der Waals surface area contributed by atoms with Crippen LogP contribution < -0.4 is 5.32 Å². The molecular weight excluding hydrogens is 236 g/mol. The van der Waals surface area contributed by atoms with E-state index in [1.165, 1.54) is 10.9 Å². The van der Waals surface area contributed by atoms with E-state index in [9.17, 15) is 14.9 Å².